The maximum absolute atomic E-state index is 12.2. The number of benzene rings is 3. The summed E-state index contributed by atoms with van der Waals surface area (Å²) in [5.74, 6) is -0.410. The first-order valence-electron chi connectivity index (χ1n) is 8.33. The van der Waals surface area contributed by atoms with Gasteiger partial charge in [-0.1, -0.05) is 54.6 Å². The standard InChI is InChI=1S/C21H20N2O2S/c1-26-19-12-5-4-11-18(19)23-21(25)14-22-20(24)13-16-9-6-8-15-7-2-3-10-17(15)16/h2-12H,13-14H2,1H3,(H,22,24)(H,23,25). The number of fused-ring (bicyclic) bond motifs is 1. The first-order chi connectivity index (χ1) is 12.7. The number of nitrogens with one attached hydrogen (secondary N) is 2. The maximum Gasteiger partial charge on any atom is 0.243 e. The molecule has 2 N–H and O–H groups in total. The van der Waals surface area contributed by atoms with Crippen LogP contribution in [-0.2, 0) is 16.0 Å². The molecular weight excluding hydrogens is 344 g/mol. The molecule has 0 spiro atoms. The van der Waals surface area contributed by atoms with Gasteiger partial charge in [0.15, 0.2) is 0 Å². The molecule has 0 aliphatic heterocycles. The van der Waals surface area contributed by atoms with E-state index in [4.69, 9.17) is 0 Å². The van der Waals surface area contributed by atoms with Crippen LogP contribution in [0.3, 0.4) is 0 Å². The van der Waals surface area contributed by atoms with Gasteiger partial charge in [-0.25, -0.2) is 0 Å². The second-order valence-corrected chi connectivity index (χ2v) is 6.69. The Kier molecular flexibility index (Phi) is 5.92. The molecule has 0 saturated heterocycles. The molecule has 0 heterocycles. The van der Waals surface area contributed by atoms with E-state index >= 15 is 0 Å². The van der Waals surface area contributed by atoms with E-state index in [-0.39, 0.29) is 24.8 Å². The van der Waals surface area contributed by atoms with Gasteiger partial charge in [0, 0.05) is 4.90 Å². The van der Waals surface area contributed by atoms with Crippen molar-refractivity contribution in [3.63, 3.8) is 0 Å². The highest BCUT2D eigenvalue weighted by Crippen LogP contribution is 2.24. The second kappa shape index (κ2) is 8.54. The van der Waals surface area contributed by atoms with E-state index in [1.807, 2.05) is 73.0 Å². The minimum absolute atomic E-state index is 0.0493. The summed E-state index contributed by atoms with van der Waals surface area (Å²) in [6.07, 6.45) is 2.20. The number of thioether (sulfide) groups is 1. The molecule has 0 bridgehead atoms. The smallest absolute Gasteiger partial charge is 0.243 e. The lowest BCUT2D eigenvalue weighted by Crippen LogP contribution is -2.33. The van der Waals surface area contributed by atoms with Crippen LogP contribution in [0.4, 0.5) is 5.69 Å². The van der Waals surface area contributed by atoms with E-state index in [0.717, 1.165) is 26.9 Å². The summed E-state index contributed by atoms with van der Waals surface area (Å²) in [6, 6.07) is 21.4. The zero-order valence-electron chi connectivity index (χ0n) is 14.5. The van der Waals surface area contributed by atoms with Crippen LogP contribution in [0.2, 0.25) is 0 Å². The number of rotatable bonds is 6. The van der Waals surface area contributed by atoms with Gasteiger partial charge >= 0.3 is 0 Å². The molecule has 26 heavy (non-hydrogen) atoms. The van der Waals surface area contributed by atoms with Crippen molar-refractivity contribution in [2.75, 3.05) is 18.1 Å². The normalized spacial score (nSPS) is 10.5. The Hall–Kier alpha value is -2.79. The third-order valence-corrected chi connectivity index (χ3v) is 4.85. The number of anilines is 1. The van der Waals surface area contributed by atoms with E-state index in [9.17, 15) is 9.59 Å². The molecule has 0 radical (unpaired) electrons. The van der Waals surface area contributed by atoms with Gasteiger partial charge in [-0.05, 0) is 34.7 Å². The van der Waals surface area contributed by atoms with Gasteiger partial charge in [0.1, 0.15) is 0 Å². The molecule has 0 saturated carbocycles. The van der Waals surface area contributed by atoms with Gasteiger partial charge in [0.05, 0.1) is 18.7 Å². The molecular formula is C21H20N2O2S. The van der Waals surface area contributed by atoms with Gasteiger partial charge < -0.3 is 10.6 Å². The van der Waals surface area contributed by atoms with Crippen molar-refractivity contribution in [1.82, 2.24) is 5.32 Å². The van der Waals surface area contributed by atoms with Crippen LogP contribution in [0.5, 0.6) is 0 Å². The van der Waals surface area contributed by atoms with Crippen LogP contribution < -0.4 is 10.6 Å². The lowest BCUT2D eigenvalue weighted by atomic mass is 10.0. The van der Waals surface area contributed by atoms with Crippen LogP contribution in [-0.4, -0.2) is 24.6 Å². The average molecular weight is 364 g/mol. The Bertz CT molecular complexity index is 935. The SMILES string of the molecule is CSc1ccccc1NC(=O)CNC(=O)Cc1cccc2ccccc12. The summed E-state index contributed by atoms with van der Waals surface area (Å²) in [4.78, 5) is 25.3. The first kappa shape index (κ1) is 18.0. The molecule has 0 aromatic heterocycles. The number of hydrogen-bond donors (Lipinski definition) is 2. The van der Waals surface area contributed by atoms with E-state index in [0.29, 0.717) is 0 Å². The summed E-state index contributed by atoms with van der Waals surface area (Å²) in [5.41, 5.74) is 1.71. The molecule has 0 unspecified atom stereocenters. The highest BCUT2D eigenvalue weighted by Gasteiger charge is 2.10. The summed E-state index contributed by atoms with van der Waals surface area (Å²) in [5, 5.41) is 7.69. The lowest BCUT2D eigenvalue weighted by molar-refractivity contribution is -0.123. The monoisotopic (exact) mass is 364 g/mol. The van der Waals surface area contributed by atoms with Crippen LogP contribution in [0.25, 0.3) is 10.8 Å². The third kappa shape index (κ3) is 4.43. The van der Waals surface area contributed by atoms with Crippen LogP contribution in [0.1, 0.15) is 5.56 Å². The van der Waals surface area contributed by atoms with Gasteiger partial charge in [0.2, 0.25) is 11.8 Å². The molecule has 0 atom stereocenters. The highest BCUT2D eigenvalue weighted by molar-refractivity contribution is 7.98. The van der Waals surface area contributed by atoms with Crippen molar-refractivity contribution < 1.29 is 9.59 Å². The van der Waals surface area contributed by atoms with Gasteiger partial charge in [-0.2, -0.15) is 0 Å². The van der Waals surface area contributed by atoms with Crippen molar-refractivity contribution in [1.29, 1.82) is 0 Å². The zero-order chi connectivity index (χ0) is 18.4. The number of para-hydroxylation sites is 1. The molecule has 3 aromatic rings. The Morgan fingerprint density at radius 3 is 2.46 bits per heavy atom. The quantitative estimate of drug-likeness (QED) is 0.653. The fourth-order valence-corrected chi connectivity index (χ4v) is 3.36. The number of amides is 2. The van der Waals surface area contributed by atoms with E-state index in [1.165, 1.54) is 0 Å². The maximum atomic E-state index is 12.2. The summed E-state index contributed by atoms with van der Waals surface area (Å²) >= 11 is 1.56. The number of carbonyl (C=O) groups excluding carboxylic acids is 2. The van der Waals surface area contributed by atoms with Crippen molar-refractivity contribution in [3.8, 4) is 0 Å². The van der Waals surface area contributed by atoms with Crippen LogP contribution in [0, 0.1) is 0 Å². The zero-order valence-corrected chi connectivity index (χ0v) is 15.3. The van der Waals surface area contributed by atoms with E-state index in [2.05, 4.69) is 10.6 Å². The fraction of sp³-hybridized carbons (Fsp3) is 0.143. The molecule has 3 aromatic carbocycles. The van der Waals surface area contributed by atoms with Gasteiger partial charge in [-0.3, -0.25) is 9.59 Å². The van der Waals surface area contributed by atoms with Crippen molar-refractivity contribution in [2.24, 2.45) is 0 Å². The summed E-state index contributed by atoms with van der Waals surface area (Å²) < 4.78 is 0. The summed E-state index contributed by atoms with van der Waals surface area (Å²) in [6.45, 7) is -0.0493. The minimum Gasteiger partial charge on any atom is -0.347 e. The molecule has 2 amide bonds. The Morgan fingerprint density at radius 2 is 1.62 bits per heavy atom. The van der Waals surface area contributed by atoms with Crippen LogP contribution in [0.15, 0.2) is 71.6 Å². The van der Waals surface area contributed by atoms with Crippen molar-refractivity contribution >= 4 is 40.0 Å². The minimum atomic E-state index is -0.238. The lowest BCUT2D eigenvalue weighted by Gasteiger charge is -2.10. The molecule has 3 rings (SSSR count). The topological polar surface area (TPSA) is 58.2 Å². The largest absolute Gasteiger partial charge is 0.347 e. The molecule has 5 heteroatoms. The van der Waals surface area contributed by atoms with E-state index < -0.39 is 0 Å². The molecule has 0 fully saturated rings. The summed E-state index contributed by atoms with van der Waals surface area (Å²) in [7, 11) is 0. The first-order valence-corrected chi connectivity index (χ1v) is 9.56. The Morgan fingerprint density at radius 1 is 0.885 bits per heavy atom. The average Bonchev–Trinajstić information content (AvgIpc) is 2.67. The highest BCUT2D eigenvalue weighted by atomic mass is 32.2. The third-order valence-electron chi connectivity index (χ3n) is 4.06. The van der Waals surface area contributed by atoms with Gasteiger partial charge in [0.25, 0.3) is 0 Å². The Labute approximate surface area is 157 Å². The molecule has 0 aliphatic carbocycles. The molecule has 4 nitrogen and oxygen atoms in total. The van der Waals surface area contributed by atoms with Crippen LogP contribution >= 0.6 is 11.8 Å². The second-order valence-electron chi connectivity index (χ2n) is 5.84. The fourth-order valence-electron chi connectivity index (χ4n) is 2.80. The van der Waals surface area contributed by atoms with Crippen molar-refractivity contribution in [2.45, 2.75) is 11.3 Å². The predicted molar refractivity (Wildman–Crippen MR) is 108 cm³/mol. The van der Waals surface area contributed by atoms with Gasteiger partial charge in [-0.15, -0.1) is 11.8 Å². The number of hydrogen-bond acceptors (Lipinski definition) is 3. The Balaban J connectivity index is 1.57. The molecule has 132 valence electrons. The van der Waals surface area contributed by atoms with Crippen molar-refractivity contribution in [3.05, 3.63) is 72.3 Å². The number of carbonyl (C=O) groups is 2. The van der Waals surface area contributed by atoms with E-state index in [1.54, 1.807) is 11.8 Å². The predicted octanol–water partition coefficient (Wildman–Crippen LogP) is 3.86. The molecule has 0 aliphatic rings.